The summed E-state index contributed by atoms with van der Waals surface area (Å²) >= 11 is 0. The Balaban J connectivity index is 1.45. The largest absolute Gasteiger partial charge is 0.309 e. The van der Waals surface area contributed by atoms with E-state index in [2.05, 4.69) is 130 Å². The summed E-state index contributed by atoms with van der Waals surface area (Å²) in [6, 6.07) is 51.2. The molecule has 3 heterocycles. The molecule has 0 unspecified atom stereocenters. The first-order valence-corrected chi connectivity index (χ1v) is 14.2. The van der Waals surface area contributed by atoms with Crippen LogP contribution in [-0.2, 0) is 0 Å². The second-order valence-corrected chi connectivity index (χ2v) is 10.7. The van der Waals surface area contributed by atoms with Crippen LogP contribution in [0.2, 0.25) is 0 Å². The van der Waals surface area contributed by atoms with Gasteiger partial charge in [-0.2, -0.15) is 0 Å². The lowest BCUT2D eigenvalue weighted by molar-refractivity contribution is 1.08. The highest BCUT2D eigenvalue weighted by molar-refractivity contribution is 6.19. The first-order chi connectivity index (χ1) is 20.8. The summed E-state index contributed by atoms with van der Waals surface area (Å²) in [5.41, 5.74) is 7.71. The van der Waals surface area contributed by atoms with Gasteiger partial charge in [-0.1, -0.05) is 97.1 Å². The number of rotatable bonds is 3. The van der Waals surface area contributed by atoms with Gasteiger partial charge in [0, 0.05) is 38.2 Å². The lowest BCUT2D eigenvalue weighted by Gasteiger charge is -2.13. The van der Waals surface area contributed by atoms with Crippen molar-refractivity contribution in [1.29, 1.82) is 0 Å². The summed E-state index contributed by atoms with van der Waals surface area (Å²) < 4.78 is 4.71. The Morgan fingerprint density at radius 1 is 0.381 bits per heavy atom. The topological polar surface area (TPSA) is 35.6 Å². The molecule has 9 rings (SSSR count). The Morgan fingerprint density at radius 2 is 0.905 bits per heavy atom. The van der Waals surface area contributed by atoms with Gasteiger partial charge in [0.15, 0.2) is 5.82 Å². The summed E-state index contributed by atoms with van der Waals surface area (Å²) in [5, 5.41) is 5.86. The molecular weight excluding hydrogens is 512 g/mol. The fraction of sp³-hybridized carbons (Fsp3) is 0. The van der Waals surface area contributed by atoms with Crippen molar-refractivity contribution < 1.29 is 0 Å². The minimum Gasteiger partial charge on any atom is -0.309 e. The fourth-order valence-electron chi connectivity index (χ4n) is 6.46. The molecule has 6 aromatic carbocycles. The first kappa shape index (κ1) is 23.0. The van der Waals surface area contributed by atoms with Gasteiger partial charge in [0.1, 0.15) is 5.82 Å². The maximum atomic E-state index is 5.26. The van der Waals surface area contributed by atoms with E-state index >= 15 is 0 Å². The third kappa shape index (κ3) is 3.29. The molecule has 9 aromatic rings. The van der Waals surface area contributed by atoms with Crippen molar-refractivity contribution >= 4 is 54.5 Å². The predicted molar refractivity (Wildman–Crippen MR) is 174 cm³/mol. The summed E-state index contributed by atoms with van der Waals surface area (Å²) in [6.07, 6.45) is 0. The quantitative estimate of drug-likeness (QED) is 0.225. The van der Waals surface area contributed by atoms with Gasteiger partial charge in [0.05, 0.1) is 27.6 Å². The zero-order valence-corrected chi connectivity index (χ0v) is 22.6. The van der Waals surface area contributed by atoms with Crippen LogP contribution < -0.4 is 0 Å². The van der Waals surface area contributed by atoms with Gasteiger partial charge in [0.2, 0.25) is 0 Å². The minimum atomic E-state index is 0.719. The maximum absolute atomic E-state index is 5.26. The van der Waals surface area contributed by atoms with Gasteiger partial charge in [-0.15, -0.1) is 0 Å². The fourth-order valence-corrected chi connectivity index (χ4v) is 6.46. The standard InChI is InChI=1S/C38H24N4/c1-3-13-25(14-4-1)37-39-32-20-10-7-19-29(32)38(40-37)42-34-22-12-9-18-28(34)31-23-35-30(24-36(31)42)27-17-8-11-21-33(27)41(35)26-15-5-2-6-16-26/h1-24H. The third-order valence-corrected chi connectivity index (χ3v) is 8.31. The number of benzene rings is 6. The zero-order chi connectivity index (χ0) is 27.6. The van der Waals surface area contributed by atoms with E-state index in [-0.39, 0.29) is 0 Å². The number of hydrogen-bond donors (Lipinski definition) is 0. The number of fused-ring (bicyclic) bond motifs is 7. The molecule has 196 valence electrons. The molecule has 0 bridgehead atoms. The maximum Gasteiger partial charge on any atom is 0.162 e. The SMILES string of the molecule is c1ccc(-c2nc(-n3c4ccccc4c4cc5c(cc43)c3ccccc3n5-c3ccccc3)c3ccccc3n2)cc1. The molecule has 3 aromatic heterocycles. The Hall–Kier alpha value is -5.74. The van der Waals surface area contributed by atoms with E-state index in [0.717, 1.165) is 44.8 Å². The highest BCUT2D eigenvalue weighted by Crippen LogP contribution is 2.40. The second kappa shape index (κ2) is 8.88. The zero-order valence-electron chi connectivity index (χ0n) is 22.6. The van der Waals surface area contributed by atoms with E-state index in [0.29, 0.717) is 0 Å². The van der Waals surface area contributed by atoms with Crippen molar-refractivity contribution in [2.24, 2.45) is 0 Å². The third-order valence-electron chi connectivity index (χ3n) is 8.31. The van der Waals surface area contributed by atoms with Crippen LogP contribution >= 0.6 is 0 Å². The Labute approximate surface area is 241 Å². The van der Waals surface area contributed by atoms with Crippen molar-refractivity contribution in [2.45, 2.75) is 0 Å². The lowest BCUT2D eigenvalue weighted by atomic mass is 10.1. The molecule has 0 spiro atoms. The van der Waals surface area contributed by atoms with E-state index in [4.69, 9.17) is 9.97 Å². The van der Waals surface area contributed by atoms with Gasteiger partial charge in [-0.05, 0) is 48.5 Å². The summed E-state index contributed by atoms with van der Waals surface area (Å²) in [5.74, 6) is 1.61. The average Bonchev–Trinajstić information content (AvgIpc) is 3.56. The molecule has 0 fully saturated rings. The molecule has 42 heavy (non-hydrogen) atoms. The summed E-state index contributed by atoms with van der Waals surface area (Å²) in [7, 11) is 0. The van der Waals surface area contributed by atoms with Gasteiger partial charge in [-0.3, -0.25) is 4.57 Å². The van der Waals surface area contributed by atoms with Gasteiger partial charge in [0.25, 0.3) is 0 Å². The monoisotopic (exact) mass is 536 g/mol. The van der Waals surface area contributed by atoms with E-state index in [9.17, 15) is 0 Å². The molecule has 4 heteroatoms. The lowest BCUT2D eigenvalue weighted by Crippen LogP contribution is -2.02. The van der Waals surface area contributed by atoms with Crippen LogP contribution in [0, 0.1) is 0 Å². The molecule has 0 aliphatic rings. The average molecular weight is 537 g/mol. The Morgan fingerprint density at radius 3 is 1.60 bits per heavy atom. The summed E-state index contributed by atoms with van der Waals surface area (Å²) in [6.45, 7) is 0. The van der Waals surface area contributed by atoms with Crippen LogP contribution in [0.1, 0.15) is 0 Å². The molecular formula is C38H24N4. The van der Waals surface area contributed by atoms with Crippen molar-refractivity contribution in [1.82, 2.24) is 19.1 Å². The van der Waals surface area contributed by atoms with Crippen LogP contribution in [0.25, 0.3) is 77.4 Å². The van der Waals surface area contributed by atoms with Gasteiger partial charge < -0.3 is 4.57 Å². The minimum absolute atomic E-state index is 0.719. The molecule has 4 nitrogen and oxygen atoms in total. The van der Waals surface area contributed by atoms with Gasteiger partial charge >= 0.3 is 0 Å². The van der Waals surface area contributed by atoms with Crippen molar-refractivity contribution in [2.75, 3.05) is 0 Å². The Bertz CT molecular complexity index is 2450. The van der Waals surface area contributed by atoms with E-state index in [1.165, 1.54) is 32.6 Å². The number of aromatic nitrogens is 4. The van der Waals surface area contributed by atoms with Crippen LogP contribution in [-0.4, -0.2) is 19.1 Å². The molecule has 0 radical (unpaired) electrons. The van der Waals surface area contributed by atoms with E-state index in [1.807, 2.05) is 24.3 Å². The molecule has 0 atom stereocenters. The highest BCUT2D eigenvalue weighted by atomic mass is 15.1. The van der Waals surface area contributed by atoms with Crippen molar-refractivity contribution in [3.05, 3.63) is 146 Å². The second-order valence-electron chi connectivity index (χ2n) is 10.7. The molecule has 0 aliphatic heterocycles. The molecule has 0 amide bonds. The van der Waals surface area contributed by atoms with Crippen LogP contribution in [0.5, 0.6) is 0 Å². The number of hydrogen-bond acceptors (Lipinski definition) is 2. The van der Waals surface area contributed by atoms with Crippen molar-refractivity contribution in [3.63, 3.8) is 0 Å². The molecule has 0 saturated carbocycles. The van der Waals surface area contributed by atoms with Gasteiger partial charge in [-0.25, -0.2) is 9.97 Å². The van der Waals surface area contributed by atoms with Crippen LogP contribution in [0.15, 0.2) is 146 Å². The molecule has 0 N–H and O–H groups in total. The van der Waals surface area contributed by atoms with Crippen LogP contribution in [0.4, 0.5) is 0 Å². The van der Waals surface area contributed by atoms with E-state index < -0.39 is 0 Å². The number of para-hydroxylation sites is 4. The van der Waals surface area contributed by atoms with Crippen LogP contribution in [0.3, 0.4) is 0 Å². The normalized spacial score (nSPS) is 11.8. The Kier molecular flexibility index (Phi) is 4.87. The smallest absolute Gasteiger partial charge is 0.162 e. The van der Waals surface area contributed by atoms with E-state index in [1.54, 1.807) is 0 Å². The highest BCUT2D eigenvalue weighted by Gasteiger charge is 2.20. The van der Waals surface area contributed by atoms with Crippen molar-refractivity contribution in [3.8, 4) is 22.9 Å². The predicted octanol–water partition coefficient (Wildman–Crippen LogP) is 9.49. The number of nitrogens with zero attached hydrogens (tertiary/aromatic N) is 4. The first-order valence-electron chi connectivity index (χ1n) is 14.2. The summed E-state index contributed by atoms with van der Waals surface area (Å²) in [4.78, 5) is 10.2. The molecule has 0 aliphatic carbocycles. The molecule has 0 saturated heterocycles.